The minimum absolute atomic E-state index is 0.944. The molecule has 0 saturated heterocycles. The third kappa shape index (κ3) is 4.11. The van der Waals surface area contributed by atoms with Crippen molar-refractivity contribution >= 4 is 34.4 Å². The zero-order valence-electron chi connectivity index (χ0n) is 16.1. The summed E-state index contributed by atoms with van der Waals surface area (Å²) in [6.07, 6.45) is 4.78. The molecule has 1 aliphatic rings. The maximum Gasteiger partial charge on any atom is 0.133 e. The minimum atomic E-state index is 0.944. The molecule has 1 N–H and O–H groups in total. The summed E-state index contributed by atoms with van der Waals surface area (Å²) in [5.41, 5.74) is 6.02. The van der Waals surface area contributed by atoms with Gasteiger partial charge in [-0.25, -0.2) is 9.29 Å². The Hall–Kier alpha value is -2.89. The predicted octanol–water partition coefficient (Wildman–Crippen LogP) is 5.58. The zero-order valence-corrected chi connectivity index (χ0v) is 16.9. The number of benzene rings is 2. The van der Waals surface area contributed by atoms with Gasteiger partial charge in [-0.2, -0.15) is 0 Å². The fourth-order valence-corrected chi connectivity index (χ4v) is 4.67. The number of nitrogens with one attached hydrogen (secondary N) is 1. The highest BCUT2D eigenvalue weighted by atomic mass is 32.2. The molecular formula is C24H22N4S. The monoisotopic (exact) mass is 398 g/mol. The van der Waals surface area contributed by atoms with Crippen molar-refractivity contribution in [3.05, 3.63) is 95.8 Å². The molecule has 1 aliphatic heterocycles. The van der Waals surface area contributed by atoms with Crippen LogP contribution < -0.4 is 5.32 Å². The molecule has 4 nitrogen and oxygen atoms in total. The molecule has 0 bridgehead atoms. The number of fused-ring (bicyclic) bond motifs is 2. The van der Waals surface area contributed by atoms with Gasteiger partial charge >= 0.3 is 0 Å². The van der Waals surface area contributed by atoms with Gasteiger partial charge in [0.1, 0.15) is 5.82 Å². The zero-order chi connectivity index (χ0) is 19.5. The lowest BCUT2D eigenvalue weighted by Crippen LogP contribution is -2.25. The number of aromatic nitrogens is 2. The first kappa shape index (κ1) is 18.2. The van der Waals surface area contributed by atoms with Crippen LogP contribution in [-0.4, -0.2) is 20.8 Å². The Balaban J connectivity index is 1.31. The largest absolute Gasteiger partial charge is 0.339 e. The summed E-state index contributed by atoms with van der Waals surface area (Å²) >= 11 is 1.91. The number of rotatable bonds is 5. The van der Waals surface area contributed by atoms with Crippen LogP contribution in [0.5, 0.6) is 0 Å². The fourth-order valence-electron chi connectivity index (χ4n) is 3.70. The molecule has 0 fully saturated rings. The van der Waals surface area contributed by atoms with Crippen molar-refractivity contribution in [2.45, 2.75) is 18.7 Å². The molecule has 0 saturated carbocycles. The Morgan fingerprint density at radius 3 is 2.76 bits per heavy atom. The van der Waals surface area contributed by atoms with Crippen LogP contribution >= 0.6 is 11.9 Å². The summed E-state index contributed by atoms with van der Waals surface area (Å²) in [6, 6.07) is 23.1. The van der Waals surface area contributed by atoms with E-state index in [-0.39, 0.29) is 0 Å². The number of hydrogen-bond donors (Lipinski definition) is 1. The van der Waals surface area contributed by atoms with E-state index < -0.39 is 0 Å². The number of para-hydroxylation sites is 1. The van der Waals surface area contributed by atoms with Gasteiger partial charge in [0.2, 0.25) is 0 Å². The highest BCUT2D eigenvalue weighted by Crippen LogP contribution is 2.31. The molecule has 0 amide bonds. The Morgan fingerprint density at radius 1 is 0.966 bits per heavy atom. The second-order valence-electron chi connectivity index (χ2n) is 7.21. The molecule has 5 rings (SSSR count). The molecule has 4 aromatic rings. The second-order valence-corrected chi connectivity index (χ2v) is 8.27. The normalized spacial score (nSPS) is 13.9. The van der Waals surface area contributed by atoms with Gasteiger partial charge in [-0.1, -0.05) is 60.5 Å². The van der Waals surface area contributed by atoms with Gasteiger partial charge in [-0.15, -0.1) is 0 Å². The van der Waals surface area contributed by atoms with Gasteiger partial charge in [-0.3, -0.25) is 4.98 Å². The average Bonchev–Trinajstić information content (AvgIpc) is 2.78. The van der Waals surface area contributed by atoms with E-state index in [1.165, 1.54) is 16.7 Å². The van der Waals surface area contributed by atoms with Crippen molar-refractivity contribution in [3.63, 3.8) is 0 Å². The third-order valence-corrected chi connectivity index (χ3v) is 6.36. The van der Waals surface area contributed by atoms with Crippen LogP contribution in [0.2, 0.25) is 0 Å². The smallest absolute Gasteiger partial charge is 0.133 e. The maximum absolute atomic E-state index is 4.62. The quantitative estimate of drug-likeness (QED) is 0.445. The first-order valence-electron chi connectivity index (χ1n) is 9.85. The SMILES string of the molecule is c1ccc(CSN2CCc3c(ccnc3Nc3cnc4ccccc4c3)C2)cc1. The fraction of sp³-hybridized carbons (Fsp3) is 0.167. The number of nitrogens with zero attached hydrogens (tertiary/aromatic N) is 3. The molecule has 29 heavy (non-hydrogen) atoms. The van der Waals surface area contributed by atoms with Gasteiger partial charge in [0.05, 0.1) is 17.4 Å². The van der Waals surface area contributed by atoms with Crippen LogP contribution in [0.4, 0.5) is 11.5 Å². The number of anilines is 2. The van der Waals surface area contributed by atoms with E-state index in [9.17, 15) is 0 Å². The standard InChI is InChI=1S/C24H22N4S/c1-2-6-18(7-3-1)17-29-28-13-11-22-20(16-28)10-12-25-24(22)27-21-14-19-8-4-5-9-23(19)26-15-21/h1-10,12,14-15H,11,13,16-17H2,(H,25,27). The molecule has 0 aliphatic carbocycles. The van der Waals surface area contributed by atoms with E-state index in [0.29, 0.717) is 0 Å². The molecule has 0 unspecified atom stereocenters. The first-order valence-corrected chi connectivity index (χ1v) is 10.8. The lowest BCUT2D eigenvalue weighted by molar-refractivity contribution is 0.444. The van der Waals surface area contributed by atoms with Crippen LogP contribution in [0.25, 0.3) is 10.9 Å². The maximum atomic E-state index is 4.62. The molecule has 144 valence electrons. The van der Waals surface area contributed by atoms with Gasteiger partial charge in [-0.05, 0) is 35.7 Å². The first-order chi connectivity index (χ1) is 14.3. The molecule has 0 spiro atoms. The van der Waals surface area contributed by atoms with Crippen molar-refractivity contribution in [3.8, 4) is 0 Å². The molecule has 5 heteroatoms. The lowest BCUT2D eigenvalue weighted by Gasteiger charge is -2.28. The lowest BCUT2D eigenvalue weighted by atomic mass is 10.0. The Kier molecular flexibility index (Phi) is 5.15. The van der Waals surface area contributed by atoms with E-state index in [4.69, 9.17) is 0 Å². The summed E-state index contributed by atoms with van der Waals surface area (Å²) in [7, 11) is 0. The Labute approximate surface area is 175 Å². The predicted molar refractivity (Wildman–Crippen MR) is 121 cm³/mol. The van der Waals surface area contributed by atoms with Crippen LogP contribution in [0.3, 0.4) is 0 Å². The van der Waals surface area contributed by atoms with E-state index in [1.807, 2.05) is 42.5 Å². The van der Waals surface area contributed by atoms with Crippen molar-refractivity contribution in [2.24, 2.45) is 0 Å². The minimum Gasteiger partial charge on any atom is -0.339 e. The van der Waals surface area contributed by atoms with Crippen molar-refractivity contribution in [1.82, 2.24) is 14.3 Å². The number of pyridine rings is 2. The molecule has 2 aromatic carbocycles. The molecule has 3 heterocycles. The molecule has 0 atom stereocenters. The summed E-state index contributed by atoms with van der Waals surface area (Å²) in [5.74, 6) is 1.96. The van der Waals surface area contributed by atoms with E-state index in [1.54, 1.807) is 0 Å². The highest BCUT2D eigenvalue weighted by Gasteiger charge is 2.20. The highest BCUT2D eigenvalue weighted by molar-refractivity contribution is 7.96. The van der Waals surface area contributed by atoms with Crippen LogP contribution in [-0.2, 0) is 18.7 Å². The molecular weight excluding hydrogens is 376 g/mol. The summed E-state index contributed by atoms with van der Waals surface area (Å²) in [6.45, 7) is 1.97. The van der Waals surface area contributed by atoms with Crippen molar-refractivity contribution in [2.75, 3.05) is 11.9 Å². The molecule has 2 aromatic heterocycles. The van der Waals surface area contributed by atoms with Crippen LogP contribution in [0.15, 0.2) is 79.1 Å². The van der Waals surface area contributed by atoms with Crippen molar-refractivity contribution < 1.29 is 0 Å². The summed E-state index contributed by atoms with van der Waals surface area (Å²) in [5, 5.41) is 4.63. The Bertz CT molecular complexity index is 1130. The van der Waals surface area contributed by atoms with Gasteiger partial charge in [0.25, 0.3) is 0 Å². The van der Waals surface area contributed by atoms with Crippen molar-refractivity contribution in [1.29, 1.82) is 0 Å². The van der Waals surface area contributed by atoms with Gasteiger partial charge < -0.3 is 5.32 Å². The Morgan fingerprint density at radius 2 is 1.83 bits per heavy atom. The van der Waals surface area contributed by atoms with Gasteiger partial charge in [0.15, 0.2) is 0 Å². The second kappa shape index (κ2) is 8.23. The summed E-state index contributed by atoms with van der Waals surface area (Å²) in [4.78, 5) is 9.17. The topological polar surface area (TPSA) is 41.1 Å². The van der Waals surface area contributed by atoms with Gasteiger partial charge in [0, 0.05) is 36.0 Å². The molecule has 0 radical (unpaired) electrons. The van der Waals surface area contributed by atoms with E-state index in [2.05, 4.69) is 68.1 Å². The summed E-state index contributed by atoms with van der Waals surface area (Å²) < 4.78 is 2.46. The van der Waals surface area contributed by atoms with Crippen LogP contribution in [0, 0.1) is 0 Å². The number of hydrogen-bond acceptors (Lipinski definition) is 5. The average molecular weight is 399 g/mol. The third-order valence-electron chi connectivity index (χ3n) is 5.22. The van der Waals surface area contributed by atoms with E-state index >= 15 is 0 Å². The van der Waals surface area contributed by atoms with Crippen LogP contribution in [0.1, 0.15) is 16.7 Å². The van der Waals surface area contributed by atoms with E-state index in [0.717, 1.165) is 47.7 Å².